The predicted molar refractivity (Wildman–Crippen MR) is 149 cm³/mol. The molecule has 6 rings (SSSR count). The van der Waals surface area contributed by atoms with Crippen LogP contribution in [0.15, 0.2) is 54.6 Å². The summed E-state index contributed by atoms with van der Waals surface area (Å²) in [5, 5.41) is 3.45. The second-order valence-corrected chi connectivity index (χ2v) is 10.3. The Hall–Kier alpha value is -4.25. The summed E-state index contributed by atoms with van der Waals surface area (Å²) >= 11 is 0. The molecular weight excluding hydrogens is 551 g/mol. The minimum Gasteiger partial charge on any atom is -0.489 e. The van der Waals surface area contributed by atoms with E-state index in [0.29, 0.717) is 48.8 Å². The number of hydrogen-bond donors (Lipinski definition) is 1. The van der Waals surface area contributed by atoms with E-state index in [1.54, 1.807) is 13.0 Å². The van der Waals surface area contributed by atoms with E-state index in [2.05, 4.69) is 10.1 Å². The van der Waals surface area contributed by atoms with Gasteiger partial charge in [0.1, 0.15) is 30.0 Å². The number of rotatable bonds is 8. The first-order chi connectivity index (χ1) is 20.2. The molecule has 3 heterocycles. The lowest BCUT2D eigenvalue weighted by atomic mass is 10.1. The van der Waals surface area contributed by atoms with Crippen LogP contribution in [0, 0.1) is 6.92 Å². The maximum atomic E-state index is 12.9. The monoisotopic (exact) mass is 581 g/mol. The first-order valence-electron chi connectivity index (χ1n) is 13.9. The first-order valence-corrected chi connectivity index (χ1v) is 13.9. The van der Waals surface area contributed by atoms with Crippen molar-refractivity contribution < 1.29 is 36.9 Å². The van der Waals surface area contributed by atoms with Crippen LogP contribution in [0.25, 0.3) is 16.7 Å². The van der Waals surface area contributed by atoms with E-state index in [1.807, 2.05) is 47.9 Å². The number of esters is 1. The van der Waals surface area contributed by atoms with E-state index in [1.165, 1.54) is 12.1 Å². The number of halogens is 3. The molecule has 0 radical (unpaired) electrons. The van der Waals surface area contributed by atoms with Crippen molar-refractivity contribution in [3.8, 4) is 17.2 Å². The van der Waals surface area contributed by atoms with Crippen molar-refractivity contribution >= 4 is 22.7 Å². The number of ether oxygens (including phenoxy) is 4. The standard InChI is InChI=1S/C31H30F3N3O5/c1-3-29(38)41-28-17-40-27-14-20(9-11-22(27)28)35-16-19-6-4-7-24(18(19)2)37-25-12-10-21(42-31(32,33)34)15-23(25)36-30(37)26-8-5-13-39-26/h4,6-7,9-12,14-15,26,28,35H,3,5,8,13,16-17H2,1-2H3/t26-,28-/m1/s1. The number of anilines is 1. The number of nitrogens with one attached hydrogen (secondary N) is 1. The highest BCUT2D eigenvalue weighted by atomic mass is 19.4. The van der Waals surface area contributed by atoms with Crippen molar-refractivity contribution in [1.82, 2.24) is 9.55 Å². The number of nitrogens with zero attached hydrogens (tertiary/aromatic N) is 2. The van der Waals surface area contributed by atoms with E-state index in [-0.39, 0.29) is 17.8 Å². The zero-order valence-electron chi connectivity index (χ0n) is 23.2. The summed E-state index contributed by atoms with van der Waals surface area (Å²) < 4.78 is 61.9. The number of aromatic nitrogens is 2. The fraction of sp³-hybridized carbons (Fsp3) is 0.355. The number of benzene rings is 3. The van der Waals surface area contributed by atoms with Gasteiger partial charge in [-0.25, -0.2) is 4.98 Å². The maximum Gasteiger partial charge on any atom is 0.573 e. The van der Waals surface area contributed by atoms with Gasteiger partial charge in [0.15, 0.2) is 6.10 Å². The van der Waals surface area contributed by atoms with Crippen molar-refractivity contribution in [2.24, 2.45) is 0 Å². The summed E-state index contributed by atoms with van der Waals surface area (Å²) in [5.41, 5.74) is 5.64. The highest BCUT2D eigenvalue weighted by molar-refractivity contribution is 5.80. The van der Waals surface area contributed by atoms with Gasteiger partial charge in [0, 0.05) is 43.0 Å². The average Bonchev–Trinajstić information content (AvgIpc) is 3.70. The molecule has 2 aliphatic heterocycles. The molecule has 3 aromatic carbocycles. The summed E-state index contributed by atoms with van der Waals surface area (Å²) in [5.74, 6) is 0.743. The Morgan fingerprint density at radius 2 is 2.02 bits per heavy atom. The Kier molecular flexibility index (Phi) is 7.44. The van der Waals surface area contributed by atoms with Gasteiger partial charge in [-0.3, -0.25) is 9.36 Å². The minimum atomic E-state index is -4.79. The number of fused-ring (bicyclic) bond motifs is 2. The first kappa shape index (κ1) is 27.9. The third-order valence-corrected chi connectivity index (χ3v) is 7.56. The van der Waals surface area contributed by atoms with Gasteiger partial charge in [0.05, 0.1) is 16.7 Å². The summed E-state index contributed by atoms with van der Waals surface area (Å²) in [6.07, 6.45) is -3.50. The third kappa shape index (κ3) is 5.61. The molecule has 0 aliphatic carbocycles. The quantitative estimate of drug-likeness (QED) is 0.223. The fourth-order valence-electron chi connectivity index (χ4n) is 5.46. The lowest BCUT2D eigenvalue weighted by molar-refractivity contribution is -0.274. The van der Waals surface area contributed by atoms with E-state index in [0.717, 1.165) is 40.9 Å². The number of hydrogen-bond acceptors (Lipinski definition) is 7. The van der Waals surface area contributed by atoms with E-state index < -0.39 is 12.5 Å². The molecule has 2 aliphatic rings. The molecule has 0 bridgehead atoms. The molecule has 4 aromatic rings. The second kappa shape index (κ2) is 11.2. The largest absolute Gasteiger partial charge is 0.573 e. The predicted octanol–water partition coefficient (Wildman–Crippen LogP) is 7.08. The molecule has 220 valence electrons. The zero-order valence-corrected chi connectivity index (χ0v) is 23.2. The number of alkyl halides is 3. The lowest BCUT2D eigenvalue weighted by Crippen LogP contribution is -2.17. The fourth-order valence-corrected chi connectivity index (χ4v) is 5.46. The smallest absolute Gasteiger partial charge is 0.489 e. The van der Waals surface area contributed by atoms with Gasteiger partial charge < -0.3 is 24.3 Å². The molecule has 2 atom stereocenters. The molecular formula is C31H30F3N3O5. The second-order valence-electron chi connectivity index (χ2n) is 10.3. The summed E-state index contributed by atoms with van der Waals surface area (Å²) in [6.45, 7) is 5.17. The molecule has 8 nitrogen and oxygen atoms in total. The van der Waals surface area contributed by atoms with Crippen LogP contribution >= 0.6 is 0 Å². The topological polar surface area (TPSA) is 83.8 Å². The molecule has 11 heteroatoms. The Balaban J connectivity index is 1.28. The van der Waals surface area contributed by atoms with Crippen LogP contribution in [0.1, 0.15) is 60.9 Å². The molecule has 1 fully saturated rings. The van der Waals surface area contributed by atoms with Crippen LogP contribution in [-0.4, -0.2) is 35.1 Å². The molecule has 0 unspecified atom stereocenters. The van der Waals surface area contributed by atoms with E-state index in [9.17, 15) is 18.0 Å². The lowest BCUT2D eigenvalue weighted by Gasteiger charge is -2.18. The highest BCUT2D eigenvalue weighted by Gasteiger charge is 2.32. The Bertz CT molecular complexity index is 1630. The van der Waals surface area contributed by atoms with Crippen LogP contribution in [0.5, 0.6) is 11.5 Å². The van der Waals surface area contributed by atoms with E-state index >= 15 is 0 Å². The van der Waals surface area contributed by atoms with Crippen molar-refractivity contribution in [1.29, 1.82) is 0 Å². The van der Waals surface area contributed by atoms with Gasteiger partial charge in [-0.05, 0) is 61.2 Å². The number of imidazole rings is 1. The van der Waals surface area contributed by atoms with Gasteiger partial charge in [-0.2, -0.15) is 0 Å². The average molecular weight is 582 g/mol. The molecule has 42 heavy (non-hydrogen) atoms. The number of carbonyl (C=O) groups is 1. The normalized spacial score (nSPS) is 18.1. The highest BCUT2D eigenvalue weighted by Crippen LogP contribution is 2.38. The van der Waals surface area contributed by atoms with Crippen molar-refractivity contribution in [2.45, 2.75) is 58.2 Å². The van der Waals surface area contributed by atoms with Gasteiger partial charge in [0.25, 0.3) is 0 Å². The van der Waals surface area contributed by atoms with E-state index in [4.69, 9.17) is 19.2 Å². The summed E-state index contributed by atoms with van der Waals surface area (Å²) in [4.78, 5) is 16.5. The van der Waals surface area contributed by atoms with Crippen LogP contribution in [0.4, 0.5) is 18.9 Å². The molecule has 0 saturated carbocycles. The SMILES string of the molecule is CCC(=O)O[C@@H]1COc2cc(NCc3cccc(-n4c([C@H]5CCCO5)nc5cc(OC(F)(F)F)ccc54)c3C)ccc21. The van der Waals surface area contributed by atoms with Gasteiger partial charge >= 0.3 is 12.3 Å². The van der Waals surface area contributed by atoms with Crippen LogP contribution < -0.4 is 14.8 Å². The van der Waals surface area contributed by atoms with Gasteiger partial charge in [-0.1, -0.05) is 19.1 Å². The van der Waals surface area contributed by atoms with Crippen LogP contribution in [0.2, 0.25) is 0 Å². The van der Waals surface area contributed by atoms with Crippen molar-refractivity contribution in [3.05, 3.63) is 77.1 Å². The molecule has 1 N–H and O–H groups in total. The Morgan fingerprint density at radius 3 is 2.79 bits per heavy atom. The van der Waals surface area contributed by atoms with Crippen molar-refractivity contribution in [3.63, 3.8) is 0 Å². The summed E-state index contributed by atoms with van der Waals surface area (Å²) in [7, 11) is 0. The molecule has 0 spiro atoms. The number of carbonyl (C=O) groups excluding carboxylic acids is 1. The third-order valence-electron chi connectivity index (χ3n) is 7.56. The van der Waals surface area contributed by atoms with Crippen molar-refractivity contribution in [2.75, 3.05) is 18.5 Å². The Morgan fingerprint density at radius 1 is 1.17 bits per heavy atom. The van der Waals surface area contributed by atoms with Gasteiger partial charge in [-0.15, -0.1) is 13.2 Å². The maximum absolute atomic E-state index is 12.9. The molecule has 1 aromatic heterocycles. The molecule has 0 amide bonds. The Labute approximate surface area is 240 Å². The molecule has 1 saturated heterocycles. The summed E-state index contributed by atoms with van der Waals surface area (Å²) in [6, 6.07) is 15.9. The van der Waals surface area contributed by atoms with Crippen LogP contribution in [-0.2, 0) is 20.8 Å². The minimum absolute atomic E-state index is 0.266. The van der Waals surface area contributed by atoms with Gasteiger partial charge in [0.2, 0.25) is 0 Å². The van der Waals surface area contributed by atoms with Crippen LogP contribution in [0.3, 0.4) is 0 Å². The zero-order chi connectivity index (χ0) is 29.4.